The van der Waals surface area contributed by atoms with Gasteiger partial charge in [-0.3, -0.25) is 4.79 Å². The molecule has 3 nitrogen and oxygen atoms in total. The van der Waals surface area contributed by atoms with Crippen LogP contribution in [0.3, 0.4) is 0 Å². The van der Waals surface area contributed by atoms with Crippen molar-refractivity contribution in [1.82, 2.24) is 5.43 Å². The van der Waals surface area contributed by atoms with Gasteiger partial charge in [0.15, 0.2) is 0 Å². The molecule has 23 heavy (non-hydrogen) atoms. The Balaban J connectivity index is 1.73. The molecular weight excluding hydrogens is 328 g/mol. The van der Waals surface area contributed by atoms with E-state index in [1.54, 1.807) is 0 Å². The lowest BCUT2D eigenvalue weighted by atomic mass is 9.86. The molecule has 3 rings (SSSR count). The molecule has 0 saturated heterocycles. The summed E-state index contributed by atoms with van der Waals surface area (Å²) >= 11 is 7.79. The van der Waals surface area contributed by atoms with Crippen LogP contribution < -0.4 is 5.43 Å². The van der Waals surface area contributed by atoms with Gasteiger partial charge in [0.25, 0.3) is 5.91 Å². The van der Waals surface area contributed by atoms with Crippen molar-refractivity contribution in [2.45, 2.75) is 46.0 Å². The number of halogens is 1. The average molecular weight is 349 g/mol. The van der Waals surface area contributed by atoms with Gasteiger partial charge < -0.3 is 0 Å². The molecule has 1 aromatic heterocycles. The highest BCUT2D eigenvalue weighted by Crippen LogP contribution is 2.35. The zero-order chi connectivity index (χ0) is 16.4. The van der Waals surface area contributed by atoms with Crippen LogP contribution in [-0.2, 0) is 0 Å². The molecule has 1 aromatic carbocycles. The zero-order valence-corrected chi connectivity index (χ0v) is 15.1. The van der Waals surface area contributed by atoms with Gasteiger partial charge in [-0.1, -0.05) is 37.1 Å². The minimum Gasteiger partial charge on any atom is -0.266 e. The van der Waals surface area contributed by atoms with Crippen LogP contribution in [0.15, 0.2) is 23.3 Å². The second-order valence-corrected chi connectivity index (χ2v) is 7.65. The molecule has 1 fully saturated rings. The van der Waals surface area contributed by atoms with E-state index in [1.165, 1.54) is 30.6 Å². The fourth-order valence-corrected chi connectivity index (χ4v) is 4.53. The number of carbonyl (C=O) groups excluding carboxylic acids is 1. The Morgan fingerprint density at radius 1 is 1.39 bits per heavy atom. The minimum atomic E-state index is -0.209. The van der Waals surface area contributed by atoms with E-state index < -0.39 is 0 Å². The topological polar surface area (TPSA) is 41.5 Å². The predicted molar refractivity (Wildman–Crippen MR) is 98.7 cm³/mol. The van der Waals surface area contributed by atoms with E-state index in [4.69, 9.17) is 11.6 Å². The molecule has 1 amide bonds. The largest absolute Gasteiger partial charge is 0.283 e. The molecule has 0 radical (unpaired) electrons. The van der Waals surface area contributed by atoms with Crippen molar-refractivity contribution in [1.29, 1.82) is 0 Å². The SMILES string of the molecule is CCC1CCC(=NNC(=O)c2sc3cc(C)ccc3c2Cl)CC1. The van der Waals surface area contributed by atoms with Crippen molar-refractivity contribution in [3.8, 4) is 0 Å². The van der Waals surface area contributed by atoms with Crippen LogP contribution in [0.1, 0.15) is 54.3 Å². The lowest BCUT2D eigenvalue weighted by Crippen LogP contribution is -2.21. The van der Waals surface area contributed by atoms with Gasteiger partial charge in [0.2, 0.25) is 0 Å². The number of nitrogens with one attached hydrogen (secondary N) is 1. The fourth-order valence-electron chi connectivity index (χ4n) is 3.03. The van der Waals surface area contributed by atoms with Gasteiger partial charge in [-0.25, -0.2) is 5.43 Å². The van der Waals surface area contributed by atoms with Crippen LogP contribution in [0.4, 0.5) is 0 Å². The third-order valence-corrected chi connectivity index (χ3v) is 6.22. The second kappa shape index (κ2) is 7.02. The molecule has 1 heterocycles. The van der Waals surface area contributed by atoms with Gasteiger partial charge in [-0.15, -0.1) is 11.3 Å². The highest BCUT2D eigenvalue weighted by molar-refractivity contribution is 7.21. The van der Waals surface area contributed by atoms with Gasteiger partial charge in [0.05, 0.1) is 5.02 Å². The molecule has 122 valence electrons. The Morgan fingerprint density at radius 3 is 2.83 bits per heavy atom. The maximum Gasteiger partial charge on any atom is 0.283 e. The number of carbonyl (C=O) groups is 1. The second-order valence-electron chi connectivity index (χ2n) is 6.22. The Bertz CT molecular complexity index is 756. The first-order valence-corrected chi connectivity index (χ1v) is 9.32. The molecule has 0 spiro atoms. The van der Waals surface area contributed by atoms with E-state index in [0.717, 1.165) is 40.1 Å². The van der Waals surface area contributed by atoms with Gasteiger partial charge in [0.1, 0.15) is 4.88 Å². The summed E-state index contributed by atoms with van der Waals surface area (Å²) in [6.45, 7) is 4.27. The summed E-state index contributed by atoms with van der Waals surface area (Å²) in [7, 11) is 0. The summed E-state index contributed by atoms with van der Waals surface area (Å²) in [6.07, 6.45) is 5.55. The highest BCUT2D eigenvalue weighted by Gasteiger charge is 2.19. The van der Waals surface area contributed by atoms with Crippen LogP contribution in [0.5, 0.6) is 0 Å². The molecule has 0 atom stereocenters. The summed E-state index contributed by atoms with van der Waals surface area (Å²) in [5.41, 5.74) is 4.95. The summed E-state index contributed by atoms with van der Waals surface area (Å²) in [6, 6.07) is 6.04. The zero-order valence-electron chi connectivity index (χ0n) is 13.5. The van der Waals surface area contributed by atoms with Crippen LogP contribution in [0.25, 0.3) is 10.1 Å². The van der Waals surface area contributed by atoms with E-state index >= 15 is 0 Å². The lowest BCUT2D eigenvalue weighted by Gasteiger charge is -2.21. The molecule has 1 aliphatic carbocycles. The number of nitrogens with zero attached hydrogens (tertiary/aromatic N) is 1. The highest BCUT2D eigenvalue weighted by atomic mass is 35.5. The normalized spacial score (nSPS) is 18.2. The first-order valence-electron chi connectivity index (χ1n) is 8.13. The van der Waals surface area contributed by atoms with E-state index in [2.05, 4.69) is 23.5 Å². The predicted octanol–water partition coefficient (Wildman–Crippen LogP) is 5.55. The van der Waals surface area contributed by atoms with Crippen molar-refractivity contribution in [3.63, 3.8) is 0 Å². The number of hydrogen-bond acceptors (Lipinski definition) is 3. The maximum absolute atomic E-state index is 12.4. The van der Waals surface area contributed by atoms with Crippen LogP contribution in [0, 0.1) is 12.8 Å². The lowest BCUT2D eigenvalue weighted by molar-refractivity contribution is 0.0958. The number of thiophene rings is 1. The Kier molecular flexibility index (Phi) is 5.02. The number of benzene rings is 1. The maximum atomic E-state index is 12.4. The third-order valence-electron chi connectivity index (χ3n) is 4.57. The van der Waals surface area contributed by atoms with Crippen molar-refractivity contribution in [3.05, 3.63) is 33.7 Å². The summed E-state index contributed by atoms with van der Waals surface area (Å²) < 4.78 is 1.04. The quantitative estimate of drug-likeness (QED) is 0.726. The molecule has 1 N–H and O–H groups in total. The smallest absolute Gasteiger partial charge is 0.266 e. The molecule has 0 aliphatic heterocycles. The van der Waals surface area contributed by atoms with Crippen molar-refractivity contribution >= 4 is 44.6 Å². The van der Waals surface area contributed by atoms with E-state index in [0.29, 0.717) is 9.90 Å². The van der Waals surface area contributed by atoms with Crippen molar-refractivity contribution in [2.75, 3.05) is 0 Å². The van der Waals surface area contributed by atoms with Crippen molar-refractivity contribution in [2.24, 2.45) is 11.0 Å². The molecule has 0 unspecified atom stereocenters. The molecule has 0 bridgehead atoms. The van der Waals surface area contributed by atoms with Gasteiger partial charge in [0, 0.05) is 15.8 Å². The summed E-state index contributed by atoms with van der Waals surface area (Å²) in [5, 5.41) is 5.78. The van der Waals surface area contributed by atoms with Gasteiger partial charge in [-0.2, -0.15) is 5.10 Å². The molecule has 2 aromatic rings. The molecular formula is C18H21ClN2OS. The number of amides is 1. The van der Waals surface area contributed by atoms with E-state index in [1.807, 2.05) is 19.1 Å². The summed E-state index contributed by atoms with van der Waals surface area (Å²) in [4.78, 5) is 12.9. The third kappa shape index (κ3) is 3.59. The number of rotatable bonds is 3. The Morgan fingerprint density at radius 2 is 2.13 bits per heavy atom. The minimum absolute atomic E-state index is 0.209. The Hall–Kier alpha value is -1.39. The average Bonchev–Trinajstić information content (AvgIpc) is 2.89. The van der Waals surface area contributed by atoms with Crippen LogP contribution in [0.2, 0.25) is 5.02 Å². The number of aryl methyl sites for hydroxylation is 1. The monoisotopic (exact) mass is 348 g/mol. The molecule has 1 aliphatic rings. The van der Waals surface area contributed by atoms with Crippen LogP contribution >= 0.6 is 22.9 Å². The van der Waals surface area contributed by atoms with E-state index in [9.17, 15) is 4.79 Å². The van der Waals surface area contributed by atoms with Gasteiger partial charge in [-0.05, 0) is 50.2 Å². The molecule has 5 heteroatoms. The first-order chi connectivity index (χ1) is 11.1. The molecule has 1 saturated carbocycles. The van der Waals surface area contributed by atoms with Gasteiger partial charge >= 0.3 is 0 Å². The van der Waals surface area contributed by atoms with Crippen LogP contribution in [-0.4, -0.2) is 11.6 Å². The fraction of sp³-hybridized carbons (Fsp3) is 0.444. The standard InChI is InChI=1S/C18H21ClN2OS/c1-3-12-5-7-13(8-6-12)20-21-18(22)17-16(19)14-9-4-11(2)10-15(14)23-17/h4,9-10,12H,3,5-8H2,1-2H3,(H,21,22). The number of hydrazone groups is 1. The number of fused-ring (bicyclic) bond motifs is 1. The van der Waals surface area contributed by atoms with E-state index in [-0.39, 0.29) is 5.91 Å². The van der Waals surface area contributed by atoms with Crippen molar-refractivity contribution < 1.29 is 4.79 Å². The summed E-state index contributed by atoms with van der Waals surface area (Å²) in [5.74, 6) is 0.601. The Labute approximate surface area is 145 Å². The number of hydrogen-bond donors (Lipinski definition) is 1. The first kappa shape index (κ1) is 16.5.